The summed E-state index contributed by atoms with van der Waals surface area (Å²) >= 11 is 0. The van der Waals surface area contributed by atoms with E-state index in [9.17, 15) is 4.79 Å². The first-order valence-electron chi connectivity index (χ1n) is 7.36. The minimum Gasteiger partial charge on any atom is -0.332 e. The predicted octanol–water partition coefficient (Wildman–Crippen LogP) is 3.63. The van der Waals surface area contributed by atoms with Gasteiger partial charge < -0.3 is 5.32 Å². The van der Waals surface area contributed by atoms with Crippen molar-refractivity contribution in [1.29, 1.82) is 0 Å². The summed E-state index contributed by atoms with van der Waals surface area (Å²) in [7, 11) is 0. The fraction of sp³-hybridized carbons (Fsp3) is 0.812. The molecule has 2 nitrogen and oxygen atoms in total. The molecule has 2 bridgehead atoms. The number of allylic oxidation sites excluding steroid dienone is 2. The third-order valence-electron chi connectivity index (χ3n) is 6.01. The summed E-state index contributed by atoms with van der Waals surface area (Å²) in [6, 6.07) is 0. The van der Waals surface area contributed by atoms with Crippen LogP contribution in [0, 0.1) is 22.2 Å². The molecule has 2 heteroatoms. The Labute approximate surface area is 110 Å². The lowest BCUT2D eigenvalue weighted by Crippen LogP contribution is -2.48. The fourth-order valence-electron chi connectivity index (χ4n) is 5.42. The van der Waals surface area contributed by atoms with Crippen molar-refractivity contribution in [3.05, 3.63) is 11.8 Å². The van der Waals surface area contributed by atoms with Gasteiger partial charge in [-0.1, -0.05) is 33.3 Å². The molecule has 2 fully saturated rings. The van der Waals surface area contributed by atoms with Crippen molar-refractivity contribution in [3.8, 4) is 0 Å². The molecule has 2 saturated carbocycles. The molecule has 0 radical (unpaired) electrons. The van der Waals surface area contributed by atoms with Crippen molar-refractivity contribution in [2.45, 2.75) is 59.3 Å². The highest BCUT2D eigenvalue weighted by Gasteiger charge is 2.59. The smallest absolute Gasteiger partial charge is 0.211 e. The maximum absolute atomic E-state index is 10.9. The number of rotatable bonds is 2. The molecule has 18 heavy (non-hydrogen) atoms. The summed E-state index contributed by atoms with van der Waals surface area (Å²) in [5.41, 5.74) is 2.26. The molecule has 100 valence electrons. The van der Waals surface area contributed by atoms with E-state index in [4.69, 9.17) is 0 Å². The van der Waals surface area contributed by atoms with Gasteiger partial charge >= 0.3 is 0 Å². The van der Waals surface area contributed by atoms with E-state index in [2.05, 4.69) is 32.2 Å². The Morgan fingerprint density at radius 3 is 2.78 bits per heavy atom. The van der Waals surface area contributed by atoms with Gasteiger partial charge in [0.1, 0.15) is 0 Å². The Hall–Kier alpha value is -0.790. The molecule has 3 rings (SSSR count). The topological polar surface area (TPSA) is 29.1 Å². The first-order valence-corrected chi connectivity index (χ1v) is 7.36. The van der Waals surface area contributed by atoms with Gasteiger partial charge in [-0.2, -0.15) is 0 Å². The Kier molecular flexibility index (Phi) is 2.46. The van der Waals surface area contributed by atoms with Crippen LogP contribution in [0.2, 0.25) is 0 Å². The SMILES string of the molecule is CC12CCCC3(C1)C(NC=O)=CC(C)(C)C3CC2. The van der Waals surface area contributed by atoms with Crippen LogP contribution >= 0.6 is 0 Å². The Morgan fingerprint density at radius 1 is 1.28 bits per heavy atom. The number of amides is 1. The van der Waals surface area contributed by atoms with Crippen LogP contribution in [-0.2, 0) is 4.79 Å². The number of carbonyl (C=O) groups excluding carboxylic acids is 1. The van der Waals surface area contributed by atoms with Gasteiger partial charge in [-0.05, 0) is 48.9 Å². The first-order chi connectivity index (χ1) is 8.42. The van der Waals surface area contributed by atoms with E-state index in [-0.39, 0.29) is 10.8 Å². The highest BCUT2D eigenvalue weighted by molar-refractivity contribution is 5.52. The van der Waals surface area contributed by atoms with Crippen molar-refractivity contribution < 1.29 is 4.79 Å². The number of nitrogens with one attached hydrogen (secondary N) is 1. The quantitative estimate of drug-likeness (QED) is 0.742. The fourth-order valence-corrected chi connectivity index (χ4v) is 5.42. The molecule has 0 aromatic carbocycles. The number of carbonyl (C=O) groups is 1. The zero-order valence-corrected chi connectivity index (χ0v) is 11.9. The van der Waals surface area contributed by atoms with E-state index < -0.39 is 0 Å². The molecular weight excluding hydrogens is 222 g/mol. The molecule has 3 aliphatic carbocycles. The zero-order chi connectivity index (χ0) is 13.0. The average Bonchev–Trinajstić information content (AvgIpc) is 2.45. The summed E-state index contributed by atoms with van der Waals surface area (Å²) in [6.45, 7) is 7.14. The molecule has 3 atom stereocenters. The van der Waals surface area contributed by atoms with Gasteiger partial charge in [0.05, 0.1) is 0 Å². The van der Waals surface area contributed by atoms with Crippen LogP contribution in [0.1, 0.15) is 59.3 Å². The van der Waals surface area contributed by atoms with Crippen molar-refractivity contribution >= 4 is 6.41 Å². The van der Waals surface area contributed by atoms with Crippen molar-refractivity contribution in [2.75, 3.05) is 0 Å². The molecule has 0 saturated heterocycles. The van der Waals surface area contributed by atoms with Gasteiger partial charge in [0.25, 0.3) is 0 Å². The molecule has 1 spiro atoms. The number of hydrogen-bond acceptors (Lipinski definition) is 1. The number of hydrogen-bond donors (Lipinski definition) is 1. The van der Waals surface area contributed by atoms with E-state index in [1.54, 1.807) is 0 Å². The first kappa shape index (κ1) is 12.3. The van der Waals surface area contributed by atoms with Gasteiger partial charge in [0.15, 0.2) is 0 Å². The van der Waals surface area contributed by atoms with Crippen LogP contribution in [0.4, 0.5) is 0 Å². The largest absolute Gasteiger partial charge is 0.332 e. The van der Waals surface area contributed by atoms with E-state index in [1.807, 2.05) is 0 Å². The standard InChI is InChI=1S/C16H25NO/c1-14(2)9-13(17-11-18)16-7-4-6-15(3,10-16)8-5-12(14)16/h9,11-12H,4-8,10H2,1-3H3,(H,17,18). The number of fused-ring (bicyclic) bond motifs is 1. The highest BCUT2D eigenvalue weighted by atomic mass is 16.1. The molecule has 1 amide bonds. The van der Waals surface area contributed by atoms with Crippen molar-refractivity contribution in [1.82, 2.24) is 5.32 Å². The van der Waals surface area contributed by atoms with Crippen molar-refractivity contribution in [2.24, 2.45) is 22.2 Å². The average molecular weight is 247 g/mol. The van der Waals surface area contributed by atoms with Crippen LogP contribution in [0.3, 0.4) is 0 Å². The minimum absolute atomic E-state index is 0.240. The molecule has 0 aliphatic heterocycles. The van der Waals surface area contributed by atoms with Crippen LogP contribution in [0.15, 0.2) is 11.8 Å². The maximum Gasteiger partial charge on any atom is 0.211 e. The van der Waals surface area contributed by atoms with Crippen LogP contribution < -0.4 is 5.32 Å². The van der Waals surface area contributed by atoms with Gasteiger partial charge in [-0.25, -0.2) is 0 Å². The molecule has 0 aromatic rings. The van der Waals surface area contributed by atoms with Crippen molar-refractivity contribution in [3.63, 3.8) is 0 Å². The predicted molar refractivity (Wildman–Crippen MR) is 72.8 cm³/mol. The summed E-state index contributed by atoms with van der Waals surface area (Å²) in [5, 5.41) is 3.04. The van der Waals surface area contributed by atoms with E-state index in [1.165, 1.54) is 44.2 Å². The zero-order valence-electron chi connectivity index (χ0n) is 11.9. The van der Waals surface area contributed by atoms with Crippen LogP contribution in [-0.4, -0.2) is 6.41 Å². The summed E-state index contributed by atoms with van der Waals surface area (Å²) in [5.74, 6) is 0.723. The molecular formula is C16H25NO. The minimum atomic E-state index is 0.240. The summed E-state index contributed by atoms with van der Waals surface area (Å²) in [4.78, 5) is 10.9. The third kappa shape index (κ3) is 1.50. The second-order valence-corrected chi connectivity index (χ2v) is 7.73. The van der Waals surface area contributed by atoms with E-state index in [0.717, 1.165) is 12.3 Å². The van der Waals surface area contributed by atoms with E-state index >= 15 is 0 Å². The third-order valence-corrected chi connectivity index (χ3v) is 6.01. The van der Waals surface area contributed by atoms with Crippen LogP contribution in [0.5, 0.6) is 0 Å². The Balaban J connectivity index is 2.04. The van der Waals surface area contributed by atoms with Crippen LogP contribution in [0.25, 0.3) is 0 Å². The Morgan fingerprint density at radius 2 is 2.06 bits per heavy atom. The second kappa shape index (κ2) is 3.61. The molecule has 3 unspecified atom stereocenters. The molecule has 1 N–H and O–H groups in total. The van der Waals surface area contributed by atoms with Gasteiger partial charge in [0.2, 0.25) is 6.41 Å². The highest BCUT2D eigenvalue weighted by Crippen LogP contribution is 2.67. The van der Waals surface area contributed by atoms with Gasteiger partial charge in [-0.15, -0.1) is 0 Å². The maximum atomic E-state index is 10.9. The van der Waals surface area contributed by atoms with E-state index in [0.29, 0.717) is 5.41 Å². The molecule has 0 heterocycles. The lowest BCUT2D eigenvalue weighted by atomic mass is 9.49. The monoisotopic (exact) mass is 247 g/mol. The second-order valence-electron chi connectivity index (χ2n) is 7.73. The lowest BCUT2D eigenvalue weighted by Gasteiger charge is -2.56. The Bertz CT molecular complexity index is 411. The van der Waals surface area contributed by atoms with Gasteiger partial charge in [0, 0.05) is 11.1 Å². The molecule has 3 aliphatic rings. The summed E-state index contributed by atoms with van der Waals surface area (Å²) < 4.78 is 0. The molecule has 0 aromatic heterocycles. The lowest BCUT2D eigenvalue weighted by molar-refractivity contribution is -0.110. The normalized spacial score (nSPS) is 45.1. The van der Waals surface area contributed by atoms with Gasteiger partial charge in [-0.3, -0.25) is 4.79 Å². The summed E-state index contributed by atoms with van der Waals surface area (Å²) in [6.07, 6.45) is 11.2.